The summed E-state index contributed by atoms with van der Waals surface area (Å²) in [6.07, 6.45) is 2.28. The van der Waals surface area contributed by atoms with E-state index in [1.165, 1.54) is 11.3 Å². The van der Waals surface area contributed by atoms with E-state index >= 15 is 0 Å². The molecule has 0 aliphatic heterocycles. The van der Waals surface area contributed by atoms with Crippen molar-refractivity contribution in [3.63, 3.8) is 0 Å². The van der Waals surface area contributed by atoms with Crippen LogP contribution in [-0.4, -0.2) is 9.97 Å². The maximum absolute atomic E-state index is 11.5. The zero-order valence-electron chi connectivity index (χ0n) is 8.37. The minimum absolute atomic E-state index is 0.0866. The molecule has 5 heteroatoms. The number of H-pyrrole nitrogens is 1. The van der Waals surface area contributed by atoms with Gasteiger partial charge in [-0.05, 0) is 18.9 Å². The molecule has 1 saturated carbocycles. The van der Waals surface area contributed by atoms with E-state index in [9.17, 15) is 4.79 Å². The fourth-order valence-electron chi connectivity index (χ4n) is 1.62. The molecule has 1 fully saturated rings. The highest BCUT2D eigenvalue weighted by Gasteiger charge is 2.26. The van der Waals surface area contributed by atoms with Gasteiger partial charge in [-0.25, -0.2) is 4.98 Å². The van der Waals surface area contributed by atoms with Crippen LogP contribution < -0.4 is 5.56 Å². The topological polar surface area (TPSA) is 45.8 Å². The average molecular weight is 253 g/mol. The largest absolute Gasteiger partial charge is 0.306 e. The summed E-state index contributed by atoms with van der Waals surface area (Å²) in [6, 6.07) is 3.41. The summed E-state index contributed by atoms with van der Waals surface area (Å²) in [5.41, 5.74) is 0.819. The molecule has 2 heterocycles. The van der Waals surface area contributed by atoms with Gasteiger partial charge < -0.3 is 4.98 Å². The first-order chi connectivity index (χ1) is 7.72. The van der Waals surface area contributed by atoms with Gasteiger partial charge in [-0.2, -0.15) is 0 Å². The number of hydrogen-bond acceptors (Lipinski definition) is 3. The third kappa shape index (κ3) is 1.90. The van der Waals surface area contributed by atoms with E-state index in [0.29, 0.717) is 16.8 Å². The highest BCUT2D eigenvalue weighted by Crippen LogP contribution is 2.39. The highest BCUT2D eigenvalue weighted by molar-refractivity contribution is 7.14. The average Bonchev–Trinajstić information content (AvgIpc) is 3.01. The van der Waals surface area contributed by atoms with Crippen LogP contribution in [0.5, 0.6) is 0 Å². The van der Waals surface area contributed by atoms with Crippen molar-refractivity contribution in [1.82, 2.24) is 9.97 Å². The second kappa shape index (κ2) is 3.71. The zero-order chi connectivity index (χ0) is 11.1. The lowest BCUT2D eigenvalue weighted by molar-refractivity contribution is 0.979. The Labute approximate surface area is 101 Å². The second-order valence-corrected chi connectivity index (χ2v) is 5.27. The van der Waals surface area contributed by atoms with Crippen LogP contribution in [0.1, 0.15) is 24.5 Å². The monoisotopic (exact) mass is 252 g/mol. The summed E-state index contributed by atoms with van der Waals surface area (Å²) in [4.78, 5) is 19.6. The fraction of sp³-hybridized carbons (Fsp3) is 0.273. The van der Waals surface area contributed by atoms with Crippen molar-refractivity contribution in [2.45, 2.75) is 18.8 Å². The number of aromatic nitrogens is 2. The van der Waals surface area contributed by atoms with Crippen molar-refractivity contribution in [2.75, 3.05) is 0 Å². The molecule has 3 nitrogen and oxygen atoms in total. The van der Waals surface area contributed by atoms with E-state index in [-0.39, 0.29) is 5.56 Å². The number of rotatable bonds is 2. The third-order valence-corrected chi connectivity index (χ3v) is 3.84. The van der Waals surface area contributed by atoms with Gasteiger partial charge in [0.25, 0.3) is 5.56 Å². The van der Waals surface area contributed by atoms with E-state index in [4.69, 9.17) is 11.6 Å². The normalized spacial score (nSPS) is 15.3. The van der Waals surface area contributed by atoms with Crippen LogP contribution in [0.2, 0.25) is 5.02 Å². The van der Waals surface area contributed by atoms with Gasteiger partial charge in [-0.1, -0.05) is 11.6 Å². The Morgan fingerprint density at radius 2 is 2.25 bits per heavy atom. The standard InChI is InChI=1S/C11H9ClN2OS/c12-7-3-9(16-5-7)11-13-8(6-1-2-6)4-10(15)14-11/h3-6H,1-2H2,(H,13,14,15). The van der Waals surface area contributed by atoms with Crippen LogP contribution in [0.3, 0.4) is 0 Å². The number of nitrogens with zero attached hydrogens (tertiary/aromatic N) is 1. The first-order valence-corrected chi connectivity index (χ1v) is 6.34. The minimum Gasteiger partial charge on any atom is -0.306 e. The van der Waals surface area contributed by atoms with Gasteiger partial charge in [0.05, 0.1) is 15.6 Å². The van der Waals surface area contributed by atoms with Crippen molar-refractivity contribution in [3.8, 4) is 10.7 Å². The Morgan fingerprint density at radius 1 is 1.44 bits per heavy atom. The second-order valence-electron chi connectivity index (χ2n) is 3.92. The Morgan fingerprint density at radius 3 is 2.88 bits per heavy atom. The van der Waals surface area contributed by atoms with Crippen molar-refractivity contribution in [3.05, 3.63) is 38.6 Å². The van der Waals surface area contributed by atoms with E-state index < -0.39 is 0 Å². The zero-order valence-corrected chi connectivity index (χ0v) is 9.94. The molecule has 0 aromatic carbocycles. The molecule has 2 aromatic heterocycles. The van der Waals surface area contributed by atoms with Gasteiger partial charge in [0, 0.05) is 17.4 Å². The summed E-state index contributed by atoms with van der Waals surface area (Å²) in [6.45, 7) is 0. The van der Waals surface area contributed by atoms with Crippen LogP contribution in [0.25, 0.3) is 10.7 Å². The molecule has 0 amide bonds. The molecule has 1 aliphatic rings. The van der Waals surface area contributed by atoms with Gasteiger partial charge in [0.15, 0.2) is 5.82 Å². The van der Waals surface area contributed by atoms with Crippen molar-refractivity contribution < 1.29 is 0 Å². The molecule has 0 unspecified atom stereocenters. The van der Waals surface area contributed by atoms with Crippen LogP contribution in [0.4, 0.5) is 0 Å². The number of halogens is 1. The molecule has 0 radical (unpaired) electrons. The van der Waals surface area contributed by atoms with E-state index in [1.807, 2.05) is 11.4 Å². The van der Waals surface area contributed by atoms with Gasteiger partial charge in [-0.3, -0.25) is 4.79 Å². The van der Waals surface area contributed by atoms with Crippen molar-refractivity contribution >= 4 is 22.9 Å². The highest BCUT2D eigenvalue weighted by atomic mass is 35.5. The summed E-state index contributed by atoms with van der Waals surface area (Å²) >= 11 is 7.34. The molecule has 16 heavy (non-hydrogen) atoms. The van der Waals surface area contributed by atoms with Crippen LogP contribution in [0.15, 0.2) is 22.3 Å². The van der Waals surface area contributed by atoms with Crippen molar-refractivity contribution in [1.29, 1.82) is 0 Å². The van der Waals surface area contributed by atoms with Crippen LogP contribution in [-0.2, 0) is 0 Å². The molecule has 0 saturated heterocycles. The molecule has 0 bridgehead atoms. The summed E-state index contributed by atoms with van der Waals surface area (Å²) in [7, 11) is 0. The fourth-order valence-corrected chi connectivity index (χ4v) is 2.64. The predicted octanol–water partition coefficient (Wildman–Crippen LogP) is 3.03. The molecular weight excluding hydrogens is 244 g/mol. The molecule has 1 N–H and O–H groups in total. The lowest BCUT2D eigenvalue weighted by Gasteiger charge is -2.00. The Balaban J connectivity index is 2.09. The molecule has 2 aromatic rings. The quantitative estimate of drug-likeness (QED) is 0.893. The summed E-state index contributed by atoms with van der Waals surface area (Å²) < 4.78 is 0. The van der Waals surface area contributed by atoms with E-state index in [1.54, 1.807) is 6.07 Å². The Hall–Kier alpha value is -1.13. The molecule has 82 valence electrons. The first kappa shape index (κ1) is 10.1. The lowest BCUT2D eigenvalue weighted by Crippen LogP contribution is -2.09. The van der Waals surface area contributed by atoms with Crippen LogP contribution >= 0.6 is 22.9 Å². The maximum Gasteiger partial charge on any atom is 0.251 e. The van der Waals surface area contributed by atoms with Gasteiger partial charge in [-0.15, -0.1) is 11.3 Å². The Bertz CT molecular complexity index is 586. The number of thiophene rings is 1. The van der Waals surface area contributed by atoms with Gasteiger partial charge in [0.1, 0.15) is 0 Å². The van der Waals surface area contributed by atoms with E-state index in [2.05, 4.69) is 9.97 Å². The smallest absolute Gasteiger partial charge is 0.251 e. The van der Waals surface area contributed by atoms with E-state index in [0.717, 1.165) is 23.4 Å². The molecule has 0 atom stereocenters. The number of aromatic amines is 1. The minimum atomic E-state index is -0.0866. The Kier molecular flexibility index (Phi) is 2.33. The third-order valence-electron chi connectivity index (χ3n) is 2.56. The predicted molar refractivity (Wildman–Crippen MR) is 65.2 cm³/mol. The van der Waals surface area contributed by atoms with Crippen LogP contribution in [0, 0.1) is 0 Å². The molecule has 3 rings (SSSR count). The number of nitrogens with one attached hydrogen (secondary N) is 1. The molecular formula is C11H9ClN2OS. The van der Waals surface area contributed by atoms with Gasteiger partial charge in [0.2, 0.25) is 0 Å². The lowest BCUT2D eigenvalue weighted by atomic mass is 10.3. The van der Waals surface area contributed by atoms with Crippen molar-refractivity contribution in [2.24, 2.45) is 0 Å². The molecule has 1 aliphatic carbocycles. The summed E-state index contributed by atoms with van der Waals surface area (Å²) in [5.74, 6) is 1.11. The molecule has 0 spiro atoms. The SMILES string of the molecule is O=c1cc(C2CC2)nc(-c2cc(Cl)cs2)[nH]1. The van der Waals surface area contributed by atoms with Gasteiger partial charge >= 0.3 is 0 Å². The number of hydrogen-bond donors (Lipinski definition) is 1. The maximum atomic E-state index is 11.5. The summed E-state index contributed by atoms with van der Waals surface area (Å²) in [5, 5.41) is 2.51. The first-order valence-electron chi connectivity index (χ1n) is 5.08.